The number of nitrogens with zero attached hydrogens (tertiary/aromatic N) is 1. The van der Waals surface area contributed by atoms with E-state index in [1.54, 1.807) is 11.9 Å². The third-order valence-corrected chi connectivity index (χ3v) is 4.67. The van der Waals surface area contributed by atoms with E-state index in [0.29, 0.717) is 13.0 Å². The molecule has 0 bridgehead atoms. The van der Waals surface area contributed by atoms with Crippen LogP contribution in [-0.4, -0.2) is 41.4 Å². The fraction of sp³-hybridized carbons (Fsp3) is 0.773. The van der Waals surface area contributed by atoms with Crippen LogP contribution < -0.4 is 5.32 Å². The molecule has 0 aliphatic carbocycles. The molecular formula is C22H41N3O3. The van der Waals surface area contributed by atoms with E-state index in [-0.39, 0.29) is 11.9 Å². The van der Waals surface area contributed by atoms with Crippen molar-refractivity contribution in [2.75, 3.05) is 13.6 Å². The van der Waals surface area contributed by atoms with Crippen molar-refractivity contribution in [2.45, 2.75) is 96.8 Å². The predicted octanol–water partition coefficient (Wildman–Crippen LogP) is 5.09. The van der Waals surface area contributed by atoms with E-state index < -0.39 is 5.97 Å². The summed E-state index contributed by atoms with van der Waals surface area (Å²) in [6.45, 7) is 2.58. The Morgan fingerprint density at radius 3 is 1.89 bits per heavy atom. The van der Waals surface area contributed by atoms with Gasteiger partial charge in [0, 0.05) is 13.5 Å². The highest BCUT2D eigenvalue weighted by atomic mass is 16.4. The molecule has 0 saturated carbocycles. The molecule has 1 saturated heterocycles. The van der Waals surface area contributed by atoms with E-state index in [4.69, 9.17) is 10.5 Å². The lowest BCUT2D eigenvalue weighted by atomic mass is 10.1. The lowest BCUT2D eigenvalue weighted by Crippen LogP contribution is -2.25. The van der Waals surface area contributed by atoms with Gasteiger partial charge in [-0.25, -0.2) is 0 Å². The van der Waals surface area contributed by atoms with E-state index in [1.807, 2.05) is 0 Å². The third-order valence-electron chi connectivity index (χ3n) is 4.67. The van der Waals surface area contributed by atoms with Crippen molar-refractivity contribution in [3.63, 3.8) is 0 Å². The first kappa shape index (κ1) is 26.1. The second-order valence-corrected chi connectivity index (χ2v) is 7.48. The second-order valence-electron chi connectivity index (χ2n) is 7.48. The summed E-state index contributed by atoms with van der Waals surface area (Å²) < 4.78 is 0. The molecule has 6 heteroatoms. The van der Waals surface area contributed by atoms with Gasteiger partial charge in [0.1, 0.15) is 0 Å². The Labute approximate surface area is 171 Å². The minimum Gasteiger partial charge on any atom is -0.481 e. The number of hydrogen-bond acceptors (Lipinski definition) is 3. The zero-order chi connectivity index (χ0) is 21.0. The monoisotopic (exact) mass is 395 g/mol. The third kappa shape index (κ3) is 17.6. The topological polar surface area (TPSA) is 93.5 Å². The number of carbonyl (C=O) groups is 2. The number of guanidine groups is 1. The highest BCUT2D eigenvalue weighted by molar-refractivity contribution is 6.02. The van der Waals surface area contributed by atoms with Gasteiger partial charge in [0.15, 0.2) is 5.96 Å². The SMILES string of the molecule is CCCCCCCC/C=C\CCCCCCCC(=O)O.CN1CC(=O)NC1=N. The van der Waals surface area contributed by atoms with Gasteiger partial charge in [-0.1, -0.05) is 70.4 Å². The molecule has 1 fully saturated rings. The number of carboxylic acid groups (broad SMARTS) is 1. The highest BCUT2D eigenvalue weighted by Gasteiger charge is 2.18. The summed E-state index contributed by atoms with van der Waals surface area (Å²) in [5.41, 5.74) is 0. The summed E-state index contributed by atoms with van der Waals surface area (Å²) in [5, 5.41) is 17.8. The van der Waals surface area contributed by atoms with Gasteiger partial charge in [-0.05, 0) is 32.1 Å². The molecule has 0 unspecified atom stereocenters. The van der Waals surface area contributed by atoms with E-state index in [0.717, 1.165) is 12.8 Å². The predicted molar refractivity (Wildman–Crippen MR) is 116 cm³/mol. The van der Waals surface area contributed by atoms with Crippen molar-refractivity contribution in [2.24, 2.45) is 0 Å². The quantitative estimate of drug-likeness (QED) is 0.266. The summed E-state index contributed by atoms with van der Waals surface area (Å²) in [6.07, 6.45) is 21.2. The van der Waals surface area contributed by atoms with Gasteiger partial charge < -0.3 is 10.0 Å². The number of likely N-dealkylation sites (N-methyl/N-ethyl adjacent to an activating group) is 1. The van der Waals surface area contributed by atoms with Gasteiger partial charge in [0.25, 0.3) is 0 Å². The van der Waals surface area contributed by atoms with Crippen LogP contribution in [0.15, 0.2) is 12.2 Å². The van der Waals surface area contributed by atoms with Crippen LogP contribution >= 0.6 is 0 Å². The molecule has 1 aliphatic rings. The zero-order valence-corrected chi connectivity index (χ0v) is 18.0. The van der Waals surface area contributed by atoms with Crippen molar-refractivity contribution in [3.05, 3.63) is 12.2 Å². The van der Waals surface area contributed by atoms with Crippen molar-refractivity contribution in [3.8, 4) is 0 Å². The van der Waals surface area contributed by atoms with Crippen molar-refractivity contribution in [1.29, 1.82) is 5.41 Å². The van der Waals surface area contributed by atoms with Gasteiger partial charge in [-0.3, -0.25) is 20.3 Å². The average molecular weight is 396 g/mol. The van der Waals surface area contributed by atoms with Crippen LogP contribution in [0.4, 0.5) is 0 Å². The first-order chi connectivity index (χ1) is 13.5. The normalized spacial score (nSPS) is 13.6. The van der Waals surface area contributed by atoms with E-state index in [9.17, 15) is 9.59 Å². The van der Waals surface area contributed by atoms with Gasteiger partial charge in [0.05, 0.1) is 6.54 Å². The summed E-state index contributed by atoms with van der Waals surface area (Å²) in [7, 11) is 1.69. The molecular weight excluding hydrogens is 354 g/mol. The van der Waals surface area contributed by atoms with Crippen LogP contribution in [0.1, 0.15) is 96.8 Å². The van der Waals surface area contributed by atoms with Crippen LogP contribution in [0, 0.1) is 5.41 Å². The summed E-state index contributed by atoms with van der Waals surface area (Å²) >= 11 is 0. The number of carbonyl (C=O) groups excluding carboxylic acids is 1. The molecule has 28 heavy (non-hydrogen) atoms. The Hall–Kier alpha value is -1.85. The fourth-order valence-electron chi connectivity index (χ4n) is 2.91. The van der Waals surface area contributed by atoms with Gasteiger partial charge in [-0.15, -0.1) is 0 Å². The van der Waals surface area contributed by atoms with E-state index >= 15 is 0 Å². The van der Waals surface area contributed by atoms with Crippen LogP contribution in [0.5, 0.6) is 0 Å². The van der Waals surface area contributed by atoms with Crippen molar-refractivity contribution >= 4 is 17.8 Å². The number of carboxylic acids is 1. The number of aliphatic carboxylic acids is 1. The molecule has 0 aromatic rings. The summed E-state index contributed by atoms with van der Waals surface area (Å²) in [6, 6.07) is 0. The van der Waals surface area contributed by atoms with E-state index in [1.165, 1.54) is 70.6 Å². The largest absolute Gasteiger partial charge is 0.481 e. The van der Waals surface area contributed by atoms with Crippen LogP contribution in [0.25, 0.3) is 0 Å². The first-order valence-corrected chi connectivity index (χ1v) is 10.9. The minimum absolute atomic E-state index is 0.0995. The molecule has 0 spiro atoms. The molecule has 0 radical (unpaired) electrons. The standard InChI is InChI=1S/C18H34O2.C4H7N3O/c1-2-3-4-5-6-7-8-9-10-11-12-13-14-15-16-17-18(19)20;1-7-2-3(8)6-4(7)5/h9-10H,2-8,11-17H2,1H3,(H,19,20);2H2,1H3,(H2,5,6,8)/b10-9-;. The zero-order valence-electron chi connectivity index (χ0n) is 18.0. The Morgan fingerprint density at radius 2 is 1.50 bits per heavy atom. The summed E-state index contributed by atoms with van der Waals surface area (Å²) in [4.78, 5) is 22.2. The Balaban J connectivity index is 0.000000749. The van der Waals surface area contributed by atoms with Crippen LogP contribution in [-0.2, 0) is 9.59 Å². The molecule has 1 heterocycles. The van der Waals surface area contributed by atoms with Gasteiger partial charge >= 0.3 is 5.97 Å². The van der Waals surface area contributed by atoms with Crippen LogP contribution in [0.2, 0.25) is 0 Å². The summed E-state index contributed by atoms with van der Waals surface area (Å²) in [5.74, 6) is -0.574. The molecule has 3 N–H and O–H groups in total. The number of rotatable bonds is 15. The van der Waals surface area contributed by atoms with E-state index in [2.05, 4.69) is 24.4 Å². The maximum absolute atomic E-state index is 10.4. The van der Waals surface area contributed by atoms with Crippen molar-refractivity contribution in [1.82, 2.24) is 10.2 Å². The number of amides is 1. The smallest absolute Gasteiger partial charge is 0.303 e. The molecule has 1 rings (SSSR count). The number of hydrogen-bond donors (Lipinski definition) is 3. The van der Waals surface area contributed by atoms with Crippen LogP contribution in [0.3, 0.4) is 0 Å². The second kappa shape index (κ2) is 18.5. The fourth-order valence-corrected chi connectivity index (χ4v) is 2.91. The van der Waals surface area contributed by atoms with Crippen molar-refractivity contribution < 1.29 is 14.7 Å². The maximum atomic E-state index is 10.4. The molecule has 0 aromatic heterocycles. The number of allylic oxidation sites excluding steroid dienone is 2. The minimum atomic E-state index is -0.664. The first-order valence-electron chi connectivity index (χ1n) is 10.9. The molecule has 0 aromatic carbocycles. The lowest BCUT2D eigenvalue weighted by Gasteiger charge is -2.03. The van der Waals surface area contributed by atoms with Gasteiger partial charge in [0.2, 0.25) is 5.91 Å². The molecule has 1 aliphatic heterocycles. The average Bonchev–Trinajstić information content (AvgIpc) is 2.94. The molecule has 6 nitrogen and oxygen atoms in total. The Kier molecular flexibility index (Phi) is 17.3. The maximum Gasteiger partial charge on any atom is 0.303 e. The Morgan fingerprint density at radius 1 is 1.00 bits per heavy atom. The molecule has 1 amide bonds. The highest BCUT2D eigenvalue weighted by Crippen LogP contribution is 2.09. The Bertz CT molecular complexity index is 464. The number of unbranched alkanes of at least 4 members (excludes halogenated alkanes) is 11. The lowest BCUT2D eigenvalue weighted by molar-refractivity contribution is -0.137. The number of nitrogens with one attached hydrogen (secondary N) is 2. The molecule has 0 atom stereocenters. The molecule has 162 valence electrons. The van der Waals surface area contributed by atoms with Gasteiger partial charge in [-0.2, -0.15) is 0 Å².